The summed E-state index contributed by atoms with van der Waals surface area (Å²) in [5.41, 5.74) is 5.24. The predicted molar refractivity (Wildman–Crippen MR) is 183 cm³/mol. The van der Waals surface area contributed by atoms with Gasteiger partial charge in [0.1, 0.15) is 5.82 Å². The van der Waals surface area contributed by atoms with E-state index in [2.05, 4.69) is 28.6 Å². The molecule has 3 fully saturated rings. The summed E-state index contributed by atoms with van der Waals surface area (Å²) in [4.78, 5) is 15.0. The molecule has 0 bridgehead atoms. The lowest BCUT2D eigenvalue weighted by atomic mass is 9.74. The summed E-state index contributed by atoms with van der Waals surface area (Å²) >= 11 is 0. The zero-order valence-electron chi connectivity index (χ0n) is 26.7. The van der Waals surface area contributed by atoms with Gasteiger partial charge in [0.05, 0.1) is 23.2 Å². The van der Waals surface area contributed by atoms with Gasteiger partial charge in [-0.3, -0.25) is 9.48 Å². The van der Waals surface area contributed by atoms with Crippen LogP contribution in [0, 0.1) is 40.8 Å². The standard InChI is InChI=1S/C37H45FN4O2.2ClH/c1-2-42-36(22-33(40-42)17-26-9-11-27(23-39)12-10-26)28-13-15-41(16-14-28)24-31-19-30(35(37(43)44)18-25-5-3-6-25)21-34(31)29-7-4-8-32(38)20-29;;/h4,7-12,20,22,25,28,30-31,34-35H,2-3,5-6,13-19,21,24H2,1H3,(H,43,44);2*1H/t30?,31?,34?,35-;;/m0../s1. The normalized spacial score (nSPS) is 22.7. The number of carboxylic acids is 1. The van der Waals surface area contributed by atoms with Crippen molar-refractivity contribution in [3.63, 3.8) is 0 Å². The molecular formula is C37H47Cl2FN4O2. The van der Waals surface area contributed by atoms with Crippen LogP contribution in [0.5, 0.6) is 0 Å². The van der Waals surface area contributed by atoms with Gasteiger partial charge < -0.3 is 10.0 Å². The zero-order chi connectivity index (χ0) is 30.6. The highest BCUT2D eigenvalue weighted by Gasteiger charge is 2.43. The summed E-state index contributed by atoms with van der Waals surface area (Å²) in [7, 11) is 0. The number of aliphatic carboxylic acids is 1. The largest absolute Gasteiger partial charge is 0.481 e. The van der Waals surface area contributed by atoms with E-state index in [1.165, 1.54) is 18.2 Å². The van der Waals surface area contributed by atoms with Crippen LogP contribution in [0.15, 0.2) is 54.6 Å². The van der Waals surface area contributed by atoms with E-state index >= 15 is 0 Å². The molecule has 2 saturated carbocycles. The molecule has 6 nitrogen and oxygen atoms in total. The predicted octanol–water partition coefficient (Wildman–Crippen LogP) is 8.23. The average molecular weight is 670 g/mol. The van der Waals surface area contributed by atoms with Gasteiger partial charge >= 0.3 is 5.97 Å². The Labute approximate surface area is 285 Å². The SMILES string of the molecule is CCn1nc(Cc2ccc(C#N)cc2)cc1C1CCN(CC2CC([C@H](CC3CCC3)C(=O)O)CC2c2cccc(F)c2)CC1.Cl.Cl. The first kappa shape index (κ1) is 35.9. The van der Waals surface area contributed by atoms with Crippen LogP contribution in [0.4, 0.5) is 4.39 Å². The van der Waals surface area contributed by atoms with Crippen molar-refractivity contribution in [2.45, 2.75) is 83.1 Å². The van der Waals surface area contributed by atoms with Gasteiger partial charge in [0.25, 0.3) is 0 Å². The maximum Gasteiger partial charge on any atom is 0.306 e. The van der Waals surface area contributed by atoms with Crippen LogP contribution in [0.1, 0.15) is 98.2 Å². The van der Waals surface area contributed by atoms with Gasteiger partial charge in [0, 0.05) is 31.1 Å². The van der Waals surface area contributed by atoms with E-state index in [4.69, 9.17) is 10.4 Å². The first-order valence-corrected chi connectivity index (χ1v) is 16.7. The molecule has 0 amide bonds. The summed E-state index contributed by atoms with van der Waals surface area (Å²) in [6.07, 6.45) is 9.00. The molecule has 3 aliphatic rings. The number of nitriles is 1. The molecule has 1 N–H and O–H groups in total. The lowest BCUT2D eigenvalue weighted by molar-refractivity contribution is -0.144. The lowest BCUT2D eigenvalue weighted by Crippen LogP contribution is -2.37. The van der Waals surface area contributed by atoms with E-state index in [9.17, 15) is 14.3 Å². The Hall–Kier alpha value is -2.92. The number of halogens is 3. The fraction of sp³-hybridized carbons (Fsp3) is 0.541. The fourth-order valence-corrected chi connectivity index (χ4v) is 8.23. The molecule has 46 heavy (non-hydrogen) atoms. The van der Waals surface area contributed by atoms with Gasteiger partial charge in [-0.2, -0.15) is 10.4 Å². The summed E-state index contributed by atoms with van der Waals surface area (Å²) < 4.78 is 16.5. The van der Waals surface area contributed by atoms with E-state index in [1.54, 1.807) is 12.1 Å². The van der Waals surface area contributed by atoms with Crippen molar-refractivity contribution in [1.82, 2.24) is 14.7 Å². The molecule has 4 atom stereocenters. The third-order valence-corrected chi connectivity index (χ3v) is 10.8. The second-order valence-electron chi connectivity index (χ2n) is 13.6. The molecule has 6 rings (SSSR count). The monoisotopic (exact) mass is 668 g/mol. The van der Waals surface area contributed by atoms with E-state index in [0.29, 0.717) is 23.3 Å². The van der Waals surface area contributed by atoms with Crippen molar-refractivity contribution in [3.05, 3.63) is 88.5 Å². The highest BCUT2D eigenvalue weighted by Crippen LogP contribution is 2.49. The lowest BCUT2D eigenvalue weighted by Gasteiger charge is -2.35. The van der Waals surface area contributed by atoms with Crippen LogP contribution < -0.4 is 0 Å². The Morgan fingerprint density at radius 2 is 1.80 bits per heavy atom. The van der Waals surface area contributed by atoms with Gasteiger partial charge in [0.15, 0.2) is 0 Å². The number of benzene rings is 2. The van der Waals surface area contributed by atoms with Crippen LogP contribution in [0.2, 0.25) is 0 Å². The molecule has 3 aromatic rings. The van der Waals surface area contributed by atoms with Gasteiger partial charge in [0.2, 0.25) is 0 Å². The molecular weight excluding hydrogens is 622 g/mol. The minimum absolute atomic E-state index is 0. The number of carboxylic acid groups (broad SMARTS) is 1. The second-order valence-corrected chi connectivity index (χ2v) is 13.6. The molecule has 2 aliphatic carbocycles. The Bertz CT molecular complexity index is 1480. The molecule has 3 unspecified atom stereocenters. The van der Waals surface area contributed by atoms with Gasteiger partial charge in [-0.1, -0.05) is 43.5 Å². The molecule has 1 aliphatic heterocycles. The topological polar surface area (TPSA) is 82.2 Å². The van der Waals surface area contributed by atoms with Crippen molar-refractivity contribution in [3.8, 4) is 6.07 Å². The summed E-state index contributed by atoms with van der Waals surface area (Å²) in [5.74, 6) is 0.556. The van der Waals surface area contributed by atoms with E-state index < -0.39 is 5.97 Å². The number of nitrogens with zero attached hydrogens (tertiary/aromatic N) is 4. The van der Waals surface area contributed by atoms with Crippen LogP contribution in [-0.4, -0.2) is 45.4 Å². The molecule has 0 radical (unpaired) electrons. The van der Waals surface area contributed by atoms with Gasteiger partial charge in [-0.05, 0) is 117 Å². The smallest absolute Gasteiger partial charge is 0.306 e. The molecule has 2 aromatic carbocycles. The van der Waals surface area contributed by atoms with Crippen molar-refractivity contribution >= 4 is 30.8 Å². The number of rotatable bonds is 11. The average Bonchev–Trinajstić information content (AvgIpc) is 3.61. The highest BCUT2D eigenvalue weighted by molar-refractivity contribution is 5.85. The quantitative estimate of drug-likeness (QED) is 0.223. The number of likely N-dealkylation sites (tertiary alicyclic amines) is 1. The Balaban J connectivity index is 0.00000240. The van der Waals surface area contributed by atoms with Crippen molar-refractivity contribution < 1.29 is 14.3 Å². The molecule has 2 heterocycles. The maximum atomic E-state index is 14.3. The van der Waals surface area contributed by atoms with E-state index in [-0.39, 0.29) is 48.4 Å². The number of piperidine rings is 1. The molecule has 9 heteroatoms. The van der Waals surface area contributed by atoms with Gasteiger partial charge in [-0.25, -0.2) is 4.39 Å². The first-order chi connectivity index (χ1) is 21.4. The van der Waals surface area contributed by atoms with Crippen molar-refractivity contribution in [1.29, 1.82) is 5.26 Å². The Kier molecular flexibility index (Phi) is 12.7. The Morgan fingerprint density at radius 1 is 1.07 bits per heavy atom. The fourth-order valence-electron chi connectivity index (χ4n) is 8.23. The first-order valence-electron chi connectivity index (χ1n) is 16.7. The summed E-state index contributed by atoms with van der Waals surface area (Å²) in [5, 5.41) is 24.2. The number of hydrogen-bond acceptors (Lipinski definition) is 4. The van der Waals surface area contributed by atoms with Crippen molar-refractivity contribution in [2.75, 3.05) is 19.6 Å². The Morgan fingerprint density at radius 3 is 2.41 bits per heavy atom. The molecule has 1 saturated heterocycles. The molecule has 0 spiro atoms. The number of carbonyl (C=O) groups is 1. The maximum absolute atomic E-state index is 14.3. The van der Waals surface area contributed by atoms with Crippen LogP contribution in [0.25, 0.3) is 0 Å². The second kappa shape index (κ2) is 16.3. The minimum atomic E-state index is -0.646. The zero-order valence-corrected chi connectivity index (χ0v) is 28.3. The van der Waals surface area contributed by atoms with Crippen LogP contribution in [0.3, 0.4) is 0 Å². The minimum Gasteiger partial charge on any atom is -0.481 e. The van der Waals surface area contributed by atoms with Crippen LogP contribution in [-0.2, 0) is 17.8 Å². The third kappa shape index (κ3) is 8.32. The van der Waals surface area contributed by atoms with Crippen molar-refractivity contribution in [2.24, 2.45) is 23.7 Å². The molecule has 1 aromatic heterocycles. The highest BCUT2D eigenvalue weighted by atomic mass is 35.5. The van der Waals surface area contributed by atoms with E-state index in [0.717, 1.165) is 94.4 Å². The number of hydrogen-bond donors (Lipinski definition) is 1. The number of aromatic nitrogens is 2. The van der Waals surface area contributed by atoms with E-state index in [1.807, 2.05) is 30.3 Å². The van der Waals surface area contributed by atoms with Crippen LogP contribution >= 0.6 is 24.8 Å². The van der Waals surface area contributed by atoms with Gasteiger partial charge in [-0.15, -0.1) is 24.8 Å². The number of aryl methyl sites for hydroxylation is 1. The molecule has 248 valence electrons. The third-order valence-electron chi connectivity index (χ3n) is 10.8. The summed E-state index contributed by atoms with van der Waals surface area (Å²) in [6, 6.07) is 19.2. The summed E-state index contributed by atoms with van der Waals surface area (Å²) in [6.45, 7) is 5.94.